The molecule has 0 aliphatic carbocycles. The fourth-order valence-corrected chi connectivity index (χ4v) is 2.68. The van der Waals surface area contributed by atoms with Crippen LogP contribution in [0.15, 0.2) is 84.9 Å². The first-order valence-corrected chi connectivity index (χ1v) is 8.78. The highest BCUT2D eigenvalue weighted by Crippen LogP contribution is 2.21. The van der Waals surface area contributed by atoms with Crippen LogP contribution in [0.25, 0.3) is 0 Å². The summed E-state index contributed by atoms with van der Waals surface area (Å²) in [6.45, 7) is 1.98. The number of aryl methyl sites for hydroxylation is 1. The van der Waals surface area contributed by atoms with Gasteiger partial charge in [0, 0.05) is 11.3 Å². The Morgan fingerprint density at radius 3 is 2.07 bits per heavy atom. The van der Waals surface area contributed by atoms with Gasteiger partial charge in [0.2, 0.25) is 6.10 Å². The minimum Gasteiger partial charge on any atom is -0.447 e. The molecular formula is C23H21NO3. The van der Waals surface area contributed by atoms with Gasteiger partial charge < -0.3 is 10.1 Å². The normalized spacial score (nSPS) is 11.4. The maximum atomic E-state index is 12.8. The molecule has 3 aromatic rings. The molecule has 0 heterocycles. The Kier molecular flexibility index (Phi) is 6.00. The van der Waals surface area contributed by atoms with Crippen molar-refractivity contribution in [3.8, 4) is 0 Å². The number of esters is 1. The van der Waals surface area contributed by atoms with Crippen molar-refractivity contribution in [1.29, 1.82) is 0 Å². The van der Waals surface area contributed by atoms with Crippen molar-refractivity contribution >= 4 is 17.6 Å². The number of rotatable bonds is 6. The first-order chi connectivity index (χ1) is 13.1. The van der Waals surface area contributed by atoms with E-state index in [0.29, 0.717) is 11.3 Å². The molecule has 0 fully saturated rings. The minimum atomic E-state index is -1.01. The number of carbonyl (C=O) groups excluding carboxylic acids is 2. The Hall–Kier alpha value is -3.40. The Morgan fingerprint density at radius 1 is 0.852 bits per heavy atom. The lowest BCUT2D eigenvalue weighted by Gasteiger charge is -2.18. The van der Waals surface area contributed by atoms with E-state index >= 15 is 0 Å². The molecule has 136 valence electrons. The van der Waals surface area contributed by atoms with Gasteiger partial charge in [0.25, 0.3) is 5.91 Å². The maximum Gasteiger partial charge on any atom is 0.311 e. The third kappa shape index (κ3) is 5.28. The van der Waals surface area contributed by atoms with Crippen LogP contribution in [0.1, 0.15) is 22.8 Å². The minimum absolute atomic E-state index is 0.113. The predicted octanol–water partition coefficient (Wildman–Crippen LogP) is 4.46. The quantitative estimate of drug-likeness (QED) is 0.661. The average molecular weight is 359 g/mol. The lowest BCUT2D eigenvalue weighted by molar-refractivity contribution is -0.154. The van der Waals surface area contributed by atoms with Crippen LogP contribution in [0.4, 0.5) is 5.69 Å². The number of anilines is 1. The van der Waals surface area contributed by atoms with E-state index in [1.54, 1.807) is 12.1 Å². The molecule has 1 unspecified atom stereocenters. The van der Waals surface area contributed by atoms with E-state index in [9.17, 15) is 9.59 Å². The standard InChI is InChI=1S/C23H21NO3/c1-17-12-14-20(15-13-17)24-23(26)22(19-10-6-3-7-11-19)27-21(25)16-18-8-4-2-5-9-18/h2-15,22H,16H2,1H3,(H,24,26). The highest BCUT2D eigenvalue weighted by molar-refractivity contribution is 5.96. The Labute approximate surface area is 158 Å². The van der Waals surface area contributed by atoms with Crippen molar-refractivity contribution in [1.82, 2.24) is 0 Å². The highest BCUT2D eigenvalue weighted by atomic mass is 16.5. The van der Waals surface area contributed by atoms with Gasteiger partial charge in [-0.2, -0.15) is 0 Å². The van der Waals surface area contributed by atoms with Crippen LogP contribution in [-0.4, -0.2) is 11.9 Å². The number of nitrogens with one attached hydrogen (secondary N) is 1. The highest BCUT2D eigenvalue weighted by Gasteiger charge is 2.25. The molecule has 3 aromatic carbocycles. The van der Waals surface area contributed by atoms with Gasteiger partial charge in [0.15, 0.2) is 0 Å². The van der Waals surface area contributed by atoms with Crippen molar-refractivity contribution in [3.05, 3.63) is 102 Å². The van der Waals surface area contributed by atoms with E-state index in [-0.39, 0.29) is 12.3 Å². The summed E-state index contributed by atoms with van der Waals surface area (Å²) in [7, 11) is 0. The van der Waals surface area contributed by atoms with E-state index < -0.39 is 12.1 Å². The van der Waals surface area contributed by atoms with Crippen LogP contribution >= 0.6 is 0 Å². The third-order valence-electron chi connectivity index (χ3n) is 4.10. The summed E-state index contributed by atoms with van der Waals surface area (Å²) in [5.74, 6) is -0.833. The molecule has 3 rings (SSSR count). The van der Waals surface area contributed by atoms with E-state index in [1.807, 2.05) is 79.7 Å². The SMILES string of the molecule is Cc1ccc(NC(=O)C(OC(=O)Cc2ccccc2)c2ccccc2)cc1. The lowest BCUT2D eigenvalue weighted by Crippen LogP contribution is -2.26. The van der Waals surface area contributed by atoms with Crippen LogP contribution in [0, 0.1) is 6.92 Å². The molecule has 0 spiro atoms. The Balaban J connectivity index is 1.75. The second-order valence-electron chi connectivity index (χ2n) is 6.30. The van der Waals surface area contributed by atoms with Crippen molar-refractivity contribution < 1.29 is 14.3 Å². The molecule has 0 aliphatic heterocycles. The summed E-state index contributed by atoms with van der Waals surface area (Å²) in [5.41, 5.74) is 3.23. The topological polar surface area (TPSA) is 55.4 Å². The number of hydrogen-bond donors (Lipinski definition) is 1. The van der Waals surface area contributed by atoms with E-state index in [0.717, 1.165) is 11.1 Å². The van der Waals surface area contributed by atoms with Gasteiger partial charge in [-0.25, -0.2) is 0 Å². The zero-order chi connectivity index (χ0) is 19.1. The van der Waals surface area contributed by atoms with Gasteiger partial charge in [-0.1, -0.05) is 78.4 Å². The third-order valence-corrected chi connectivity index (χ3v) is 4.10. The van der Waals surface area contributed by atoms with Gasteiger partial charge in [0.05, 0.1) is 6.42 Å². The summed E-state index contributed by atoms with van der Waals surface area (Å²) in [4.78, 5) is 25.2. The van der Waals surface area contributed by atoms with E-state index in [2.05, 4.69) is 5.32 Å². The van der Waals surface area contributed by atoms with Gasteiger partial charge in [-0.05, 0) is 24.6 Å². The molecule has 0 aromatic heterocycles. The lowest BCUT2D eigenvalue weighted by atomic mass is 10.1. The van der Waals surface area contributed by atoms with E-state index in [1.165, 1.54) is 0 Å². The largest absolute Gasteiger partial charge is 0.447 e. The van der Waals surface area contributed by atoms with E-state index in [4.69, 9.17) is 4.74 Å². The van der Waals surface area contributed by atoms with Crippen LogP contribution < -0.4 is 5.32 Å². The first-order valence-electron chi connectivity index (χ1n) is 8.78. The summed E-state index contributed by atoms with van der Waals surface area (Å²) < 4.78 is 5.55. The molecule has 0 bridgehead atoms. The number of carbonyl (C=O) groups is 2. The monoisotopic (exact) mass is 359 g/mol. The number of benzene rings is 3. The molecule has 0 saturated carbocycles. The summed E-state index contributed by atoms with van der Waals surface area (Å²) in [5, 5.41) is 2.82. The second-order valence-corrected chi connectivity index (χ2v) is 6.30. The van der Waals surface area contributed by atoms with Crippen molar-refractivity contribution in [2.45, 2.75) is 19.4 Å². The molecule has 0 saturated heterocycles. The van der Waals surface area contributed by atoms with Crippen LogP contribution in [0.3, 0.4) is 0 Å². The molecule has 1 atom stereocenters. The second kappa shape index (κ2) is 8.81. The molecule has 1 N–H and O–H groups in total. The first kappa shape index (κ1) is 18.4. The van der Waals surface area contributed by atoms with Gasteiger partial charge in [-0.15, -0.1) is 0 Å². The number of amides is 1. The van der Waals surface area contributed by atoms with Crippen LogP contribution in [-0.2, 0) is 20.7 Å². The Morgan fingerprint density at radius 2 is 1.44 bits per heavy atom. The number of ether oxygens (including phenoxy) is 1. The van der Waals surface area contributed by atoms with Gasteiger partial charge in [0.1, 0.15) is 0 Å². The summed E-state index contributed by atoms with van der Waals surface area (Å²) in [6.07, 6.45) is -0.897. The molecule has 0 radical (unpaired) electrons. The smallest absolute Gasteiger partial charge is 0.311 e. The molecule has 0 aliphatic rings. The average Bonchev–Trinajstić information content (AvgIpc) is 2.69. The summed E-state index contributed by atoms with van der Waals surface area (Å²) >= 11 is 0. The zero-order valence-electron chi connectivity index (χ0n) is 15.1. The molecule has 4 nitrogen and oxygen atoms in total. The Bertz CT molecular complexity index is 890. The molecule has 1 amide bonds. The van der Waals surface area contributed by atoms with Crippen LogP contribution in [0.5, 0.6) is 0 Å². The molecule has 27 heavy (non-hydrogen) atoms. The van der Waals surface area contributed by atoms with Crippen molar-refractivity contribution in [2.24, 2.45) is 0 Å². The van der Waals surface area contributed by atoms with Crippen molar-refractivity contribution in [3.63, 3.8) is 0 Å². The van der Waals surface area contributed by atoms with Crippen molar-refractivity contribution in [2.75, 3.05) is 5.32 Å². The molecule has 4 heteroatoms. The maximum absolute atomic E-state index is 12.8. The fraction of sp³-hybridized carbons (Fsp3) is 0.130. The summed E-state index contributed by atoms with van der Waals surface area (Å²) in [6, 6.07) is 25.8. The zero-order valence-corrected chi connectivity index (χ0v) is 15.1. The number of hydrogen-bond acceptors (Lipinski definition) is 3. The van der Waals surface area contributed by atoms with Gasteiger partial charge in [-0.3, -0.25) is 9.59 Å². The molecular weight excluding hydrogens is 338 g/mol. The van der Waals surface area contributed by atoms with Crippen LogP contribution in [0.2, 0.25) is 0 Å². The van der Waals surface area contributed by atoms with Gasteiger partial charge >= 0.3 is 5.97 Å². The fourth-order valence-electron chi connectivity index (χ4n) is 2.68. The predicted molar refractivity (Wildman–Crippen MR) is 105 cm³/mol.